The topological polar surface area (TPSA) is 47.7 Å². The van der Waals surface area contributed by atoms with Gasteiger partial charge in [0.1, 0.15) is 11.9 Å². The molecule has 0 N–H and O–H groups in total. The second-order valence-corrected chi connectivity index (χ2v) is 6.50. The molecule has 0 bridgehead atoms. The zero-order valence-electron chi connectivity index (χ0n) is 13.2. The first-order valence-corrected chi connectivity index (χ1v) is 8.28. The predicted octanol–water partition coefficient (Wildman–Crippen LogP) is 2.88. The molecule has 2 aliphatic rings. The number of nitrogens with zero attached hydrogens (tertiary/aromatic N) is 2. The van der Waals surface area contributed by atoms with Gasteiger partial charge < -0.3 is 13.9 Å². The number of rotatable bonds is 4. The summed E-state index contributed by atoms with van der Waals surface area (Å²) in [6.45, 7) is 3.53. The maximum atomic E-state index is 6.19. The van der Waals surface area contributed by atoms with Crippen LogP contribution >= 0.6 is 0 Å². The van der Waals surface area contributed by atoms with Crippen molar-refractivity contribution in [1.29, 1.82) is 0 Å². The van der Waals surface area contributed by atoms with Gasteiger partial charge in [-0.1, -0.05) is 6.07 Å². The number of piperidine rings is 1. The Morgan fingerprint density at radius 1 is 1.30 bits per heavy atom. The average Bonchev–Trinajstić information content (AvgIpc) is 3.19. The third kappa shape index (κ3) is 3.41. The van der Waals surface area contributed by atoms with E-state index in [1.807, 2.05) is 30.3 Å². The maximum Gasteiger partial charge on any atom is 0.213 e. The minimum Gasteiger partial charge on any atom is -0.472 e. The number of ether oxygens (including phenoxy) is 2. The van der Waals surface area contributed by atoms with Gasteiger partial charge in [0.25, 0.3) is 0 Å². The minimum atomic E-state index is -0.0791. The summed E-state index contributed by atoms with van der Waals surface area (Å²) < 4.78 is 17.6. The Bertz CT molecular complexity index is 616. The molecule has 1 spiro atoms. The Labute approximate surface area is 136 Å². The lowest BCUT2D eigenvalue weighted by Crippen LogP contribution is -2.47. The normalized spacial score (nSPS) is 28.3. The highest BCUT2D eigenvalue weighted by Crippen LogP contribution is 2.36. The van der Waals surface area contributed by atoms with Gasteiger partial charge in [0, 0.05) is 25.2 Å². The van der Waals surface area contributed by atoms with Crippen LogP contribution in [-0.4, -0.2) is 41.3 Å². The fourth-order valence-corrected chi connectivity index (χ4v) is 3.70. The molecule has 4 heterocycles. The van der Waals surface area contributed by atoms with Crippen molar-refractivity contribution in [1.82, 2.24) is 9.88 Å². The highest BCUT2D eigenvalue weighted by Gasteiger charge is 2.44. The Kier molecular flexibility index (Phi) is 4.06. The number of furan rings is 1. The highest BCUT2D eigenvalue weighted by molar-refractivity contribution is 5.10. The Balaban J connectivity index is 1.37. The van der Waals surface area contributed by atoms with Gasteiger partial charge in [0.05, 0.1) is 25.0 Å². The average molecular weight is 314 g/mol. The number of aromatic nitrogens is 1. The van der Waals surface area contributed by atoms with Crippen molar-refractivity contribution in [3.63, 3.8) is 0 Å². The van der Waals surface area contributed by atoms with Gasteiger partial charge in [-0.15, -0.1) is 0 Å². The molecule has 0 aromatic carbocycles. The third-order valence-corrected chi connectivity index (χ3v) is 4.68. The molecule has 2 fully saturated rings. The molecule has 4 rings (SSSR count). The first-order valence-electron chi connectivity index (χ1n) is 8.28. The fraction of sp³-hybridized carbons (Fsp3) is 0.500. The summed E-state index contributed by atoms with van der Waals surface area (Å²) >= 11 is 0. The largest absolute Gasteiger partial charge is 0.472 e. The first kappa shape index (κ1) is 14.7. The van der Waals surface area contributed by atoms with E-state index in [1.54, 1.807) is 12.5 Å². The van der Waals surface area contributed by atoms with Crippen molar-refractivity contribution in [3.05, 3.63) is 48.6 Å². The van der Waals surface area contributed by atoms with Crippen LogP contribution in [0.5, 0.6) is 5.88 Å². The van der Waals surface area contributed by atoms with Gasteiger partial charge >= 0.3 is 0 Å². The Hall–Kier alpha value is -1.85. The molecule has 2 aromatic heterocycles. The summed E-state index contributed by atoms with van der Waals surface area (Å²) in [6.07, 6.45) is 6.76. The standard InChI is InChI=1S/C18H22N2O3/c1-2-8-19-17(6-1)23-16-11-18(22-13-16)7-4-9-20(14-18)12-15-5-3-10-21-15/h1-3,5-6,8,10,16H,4,7,9,11-14H2/t16-,18+/m1/s1. The number of pyridine rings is 1. The van der Waals surface area contributed by atoms with Gasteiger partial charge in [0.15, 0.2) is 0 Å². The monoisotopic (exact) mass is 314 g/mol. The summed E-state index contributed by atoms with van der Waals surface area (Å²) in [5.74, 6) is 1.70. The van der Waals surface area contributed by atoms with E-state index in [0.717, 1.165) is 44.7 Å². The van der Waals surface area contributed by atoms with E-state index in [0.29, 0.717) is 12.5 Å². The van der Waals surface area contributed by atoms with Crippen LogP contribution in [0.1, 0.15) is 25.0 Å². The van der Waals surface area contributed by atoms with Gasteiger partial charge in [0.2, 0.25) is 5.88 Å². The summed E-state index contributed by atoms with van der Waals surface area (Å²) in [7, 11) is 0. The predicted molar refractivity (Wildman–Crippen MR) is 85.2 cm³/mol. The Morgan fingerprint density at radius 2 is 2.30 bits per heavy atom. The van der Waals surface area contributed by atoms with Crippen molar-refractivity contribution < 1.29 is 13.9 Å². The van der Waals surface area contributed by atoms with Crippen molar-refractivity contribution in [2.45, 2.75) is 37.5 Å². The molecule has 0 saturated carbocycles. The van der Waals surface area contributed by atoms with Crippen molar-refractivity contribution in [2.75, 3.05) is 19.7 Å². The molecule has 0 amide bonds. The zero-order chi connectivity index (χ0) is 15.5. The Morgan fingerprint density at radius 3 is 3.13 bits per heavy atom. The lowest BCUT2D eigenvalue weighted by molar-refractivity contribution is -0.0549. The zero-order valence-corrected chi connectivity index (χ0v) is 13.2. The van der Waals surface area contributed by atoms with E-state index < -0.39 is 0 Å². The van der Waals surface area contributed by atoms with Gasteiger partial charge in [-0.05, 0) is 37.6 Å². The summed E-state index contributed by atoms with van der Waals surface area (Å²) in [5, 5.41) is 0. The third-order valence-electron chi connectivity index (χ3n) is 4.68. The van der Waals surface area contributed by atoms with Crippen molar-refractivity contribution in [2.24, 2.45) is 0 Å². The molecule has 2 aromatic rings. The van der Waals surface area contributed by atoms with Crippen LogP contribution in [0.2, 0.25) is 0 Å². The van der Waals surface area contributed by atoms with Gasteiger partial charge in [-0.3, -0.25) is 4.90 Å². The quantitative estimate of drug-likeness (QED) is 0.868. The van der Waals surface area contributed by atoms with Crippen molar-refractivity contribution in [3.8, 4) is 5.88 Å². The molecular weight excluding hydrogens is 292 g/mol. The SMILES string of the molecule is c1ccc(O[C@H]2CO[C@@]3(CCCN(Cc4ccco4)C3)C2)nc1. The lowest BCUT2D eigenvalue weighted by atomic mass is 9.89. The molecule has 0 unspecified atom stereocenters. The van der Waals surface area contributed by atoms with Crippen LogP contribution in [0.3, 0.4) is 0 Å². The van der Waals surface area contributed by atoms with E-state index in [2.05, 4.69) is 9.88 Å². The molecular formula is C18H22N2O3. The van der Waals surface area contributed by atoms with Crippen LogP contribution in [0.15, 0.2) is 47.2 Å². The van der Waals surface area contributed by atoms with E-state index >= 15 is 0 Å². The number of likely N-dealkylation sites (tertiary alicyclic amines) is 1. The molecule has 2 saturated heterocycles. The number of hydrogen-bond acceptors (Lipinski definition) is 5. The van der Waals surface area contributed by atoms with Crippen LogP contribution in [0, 0.1) is 0 Å². The van der Waals surface area contributed by atoms with E-state index in [9.17, 15) is 0 Å². The molecule has 5 heteroatoms. The maximum absolute atomic E-state index is 6.19. The summed E-state index contributed by atoms with van der Waals surface area (Å²) in [5.41, 5.74) is -0.0791. The van der Waals surface area contributed by atoms with E-state index in [4.69, 9.17) is 13.9 Å². The fourth-order valence-electron chi connectivity index (χ4n) is 3.70. The molecule has 122 valence electrons. The van der Waals surface area contributed by atoms with Crippen LogP contribution in [0.25, 0.3) is 0 Å². The van der Waals surface area contributed by atoms with Gasteiger partial charge in [-0.2, -0.15) is 0 Å². The van der Waals surface area contributed by atoms with Crippen LogP contribution in [-0.2, 0) is 11.3 Å². The molecule has 5 nitrogen and oxygen atoms in total. The summed E-state index contributed by atoms with van der Waals surface area (Å²) in [6, 6.07) is 9.71. The van der Waals surface area contributed by atoms with Crippen LogP contribution < -0.4 is 4.74 Å². The lowest BCUT2D eigenvalue weighted by Gasteiger charge is -2.39. The molecule has 0 radical (unpaired) electrons. The van der Waals surface area contributed by atoms with Crippen molar-refractivity contribution >= 4 is 0 Å². The summed E-state index contributed by atoms with van der Waals surface area (Å²) in [4.78, 5) is 6.66. The minimum absolute atomic E-state index is 0.0791. The van der Waals surface area contributed by atoms with E-state index in [-0.39, 0.29) is 11.7 Å². The van der Waals surface area contributed by atoms with Gasteiger partial charge in [-0.25, -0.2) is 4.98 Å². The molecule has 23 heavy (non-hydrogen) atoms. The second kappa shape index (κ2) is 6.34. The van der Waals surface area contributed by atoms with E-state index in [1.165, 1.54) is 0 Å². The molecule has 0 aliphatic carbocycles. The molecule has 2 aliphatic heterocycles. The second-order valence-electron chi connectivity index (χ2n) is 6.50. The smallest absolute Gasteiger partial charge is 0.213 e. The first-order chi connectivity index (χ1) is 11.3. The molecule has 2 atom stereocenters. The number of hydrogen-bond donors (Lipinski definition) is 0. The van der Waals surface area contributed by atoms with Crippen LogP contribution in [0.4, 0.5) is 0 Å². The highest BCUT2D eigenvalue weighted by atomic mass is 16.6.